The van der Waals surface area contributed by atoms with Gasteiger partial charge in [0.05, 0.1) is 6.10 Å². The maximum atomic E-state index is 12.5. The van der Waals surface area contributed by atoms with Crippen LogP contribution in [0.2, 0.25) is 0 Å². The number of Topliss-reactive ketones (excluding diaryl/α,β-unsaturated/α-hetero) is 1. The molecule has 1 aromatic carbocycles. The molecule has 2 rings (SSSR count). The van der Waals surface area contributed by atoms with Crippen molar-refractivity contribution >= 4 is 23.8 Å². The molecule has 1 aliphatic carbocycles. The summed E-state index contributed by atoms with van der Waals surface area (Å²) in [5.41, 5.74) is 0.744. The van der Waals surface area contributed by atoms with Crippen molar-refractivity contribution in [3.8, 4) is 0 Å². The molecule has 1 fully saturated rings. The van der Waals surface area contributed by atoms with Crippen LogP contribution in [0.3, 0.4) is 0 Å². The van der Waals surface area contributed by atoms with Gasteiger partial charge in [-0.3, -0.25) is 9.59 Å². The zero-order valence-electron chi connectivity index (χ0n) is 16.2. The molecule has 29 heavy (non-hydrogen) atoms. The third-order valence-electron chi connectivity index (χ3n) is 4.81. The molecular formula is C20H26N2O7. The van der Waals surface area contributed by atoms with Crippen molar-refractivity contribution in [3.05, 3.63) is 35.9 Å². The van der Waals surface area contributed by atoms with Gasteiger partial charge >= 0.3 is 12.1 Å². The molecule has 4 atom stereocenters. The van der Waals surface area contributed by atoms with Crippen molar-refractivity contribution in [1.29, 1.82) is 0 Å². The van der Waals surface area contributed by atoms with E-state index in [0.717, 1.165) is 5.56 Å². The Bertz CT molecular complexity index is 736. The molecule has 158 valence electrons. The number of benzene rings is 1. The predicted octanol–water partition coefficient (Wildman–Crippen LogP) is 0.991. The zero-order chi connectivity index (χ0) is 21.4. The third kappa shape index (κ3) is 6.86. The van der Waals surface area contributed by atoms with Crippen molar-refractivity contribution in [2.24, 2.45) is 5.92 Å². The number of ether oxygens (including phenoxy) is 1. The van der Waals surface area contributed by atoms with E-state index >= 15 is 0 Å². The highest BCUT2D eigenvalue weighted by Gasteiger charge is 2.36. The molecule has 9 nitrogen and oxygen atoms in total. The number of aliphatic hydroxyl groups excluding tert-OH is 1. The minimum absolute atomic E-state index is 0.0250. The monoisotopic (exact) mass is 406 g/mol. The van der Waals surface area contributed by atoms with Gasteiger partial charge in [0, 0.05) is 12.8 Å². The number of carboxylic acid groups (broad SMARTS) is 1. The van der Waals surface area contributed by atoms with E-state index < -0.39 is 42.1 Å². The Balaban J connectivity index is 1.96. The second-order valence-electron chi connectivity index (χ2n) is 7.14. The number of ketones is 1. The Morgan fingerprint density at radius 1 is 1.21 bits per heavy atom. The normalized spacial score (nSPS) is 19.5. The largest absolute Gasteiger partial charge is 0.480 e. The second-order valence-corrected chi connectivity index (χ2v) is 7.14. The number of carbonyl (C=O) groups excluding carboxylic acids is 3. The smallest absolute Gasteiger partial charge is 0.408 e. The number of aliphatic carboxylic acids is 1. The Kier molecular flexibility index (Phi) is 8.14. The molecule has 9 heteroatoms. The summed E-state index contributed by atoms with van der Waals surface area (Å²) in [5, 5.41) is 24.0. The number of aliphatic hydroxyl groups is 1. The summed E-state index contributed by atoms with van der Waals surface area (Å²) in [6.07, 6.45) is -0.677. The van der Waals surface area contributed by atoms with E-state index in [1.807, 2.05) is 6.07 Å². The molecule has 1 aliphatic rings. The number of carboxylic acids is 1. The number of hydrogen-bond acceptors (Lipinski definition) is 6. The summed E-state index contributed by atoms with van der Waals surface area (Å²) >= 11 is 0. The summed E-state index contributed by atoms with van der Waals surface area (Å²) < 4.78 is 5.04. The van der Waals surface area contributed by atoms with Crippen molar-refractivity contribution < 1.29 is 34.1 Å². The fourth-order valence-electron chi connectivity index (χ4n) is 3.26. The number of carbonyl (C=O) groups is 4. The fourth-order valence-corrected chi connectivity index (χ4v) is 3.26. The average molecular weight is 406 g/mol. The minimum Gasteiger partial charge on any atom is -0.480 e. The van der Waals surface area contributed by atoms with Crippen LogP contribution in [0.15, 0.2) is 30.3 Å². The molecule has 0 bridgehead atoms. The highest BCUT2D eigenvalue weighted by atomic mass is 16.5. The lowest BCUT2D eigenvalue weighted by Crippen LogP contribution is -2.57. The number of nitrogens with one attached hydrogen (secondary N) is 2. The maximum Gasteiger partial charge on any atom is 0.408 e. The van der Waals surface area contributed by atoms with E-state index in [9.17, 15) is 29.4 Å². The van der Waals surface area contributed by atoms with E-state index in [0.29, 0.717) is 19.3 Å². The number of rotatable bonds is 8. The summed E-state index contributed by atoms with van der Waals surface area (Å²) in [6.45, 7) is 1.27. The van der Waals surface area contributed by atoms with Gasteiger partial charge in [-0.15, -0.1) is 0 Å². The van der Waals surface area contributed by atoms with E-state index in [-0.39, 0.29) is 18.8 Å². The first kappa shape index (κ1) is 22.4. The molecule has 1 aromatic rings. The average Bonchev–Trinajstić information content (AvgIpc) is 2.68. The topological polar surface area (TPSA) is 142 Å². The van der Waals surface area contributed by atoms with Gasteiger partial charge in [0.25, 0.3) is 0 Å². The highest BCUT2D eigenvalue weighted by molar-refractivity contribution is 5.90. The fraction of sp³-hybridized carbons (Fsp3) is 0.500. The van der Waals surface area contributed by atoms with Gasteiger partial charge in [-0.05, 0) is 31.2 Å². The Labute approximate surface area is 168 Å². The highest BCUT2D eigenvalue weighted by Crippen LogP contribution is 2.24. The molecular weight excluding hydrogens is 380 g/mol. The van der Waals surface area contributed by atoms with Crippen LogP contribution < -0.4 is 10.6 Å². The third-order valence-corrected chi connectivity index (χ3v) is 4.81. The van der Waals surface area contributed by atoms with E-state index in [1.54, 1.807) is 24.3 Å². The van der Waals surface area contributed by atoms with Crippen molar-refractivity contribution in [2.75, 3.05) is 0 Å². The summed E-state index contributed by atoms with van der Waals surface area (Å²) in [4.78, 5) is 47.8. The first-order chi connectivity index (χ1) is 13.8. The number of alkyl carbamates (subject to hydrolysis) is 1. The van der Waals surface area contributed by atoms with Crippen molar-refractivity contribution in [2.45, 2.75) is 57.4 Å². The molecule has 0 spiro atoms. The molecule has 0 aromatic heterocycles. The first-order valence-corrected chi connectivity index (χ1v) is 9.48. The zero-order valence-corrected chi connectivity index (χ0v) is 16.2. The summed E-state index contributed by atoms with van der Waals surface area (Å²) in [7, 11) is 0. The lowest BCUT2D eigenvalue weighted by atomic mass is 9.83. The molecule has 0 aliphatic heterocycles. The molecule has 0 radical (unpaired) electrons. The van der Waals surface area contributed by atoms with Crippen LogP contribution in [0.4, 0.5) is 4.79 Å². The van der Waals surface area contributed by atoms with Crippen LogP contribution in [0.25, 0.3) is 0 Å². The van der Waals surface area contributed by atoms with E-state index in [4.69, 9.17) is 4.74 Å². The molecule has 0 heterocycles. The minimum atomic E-state index is -1.40. The lowest BCUT2D eigenvalue weighted by molar-refractivity contribution is -0.145. The SMILES string of the molecule is C[C@@H](O)[C@H](NC(=O)OCc1ccccc1)C(=O)N[C@H](C(=O)O)[C@H]1CCCC(=O)C1. The van der Waals surface area contributed by atoms with Crippen LogP contribution >= 0.6 is 0 Å². The molecule has 2 amide bonds. The van der Waals surface area contributed by atoms with Gasteiger partial charge < -0.3 is 25.6 Å². The van der Waals surface area contributed by atoms with Gasteiger partial charge in [0.15, 0.2) is 0 Å². The first-order valence-electron chi connectivity index (χ1n) is 9.48. The van der Waals surface area contributed by atoms with Gasteiger partial charge in [0.1, 0.15) is 24.5 Å². The van der Waals surface area contributed by atoms with Crippen LogP contribution in [0, 0.1) is 5.92 Å². The number of hydrogen-bond donors (Lipinski definition) is 4. The molecule has 0 unspecified atom stereocenters. The van der Waals surface area contributed by atoms with Crippen molar-refractivity contribution in [1.82, 2.24) is 10.6 Å². The van der Waals surface area contributed by atoms with Gasteiger partial charge in [-0.1, -0.05) is 30.3 Å². The van der Waals surface area contributed by atoms with Gasteiger partial charge in [0.2, 0.25) is 5.91 Å². The van der Waals surface area contributed by atoms with Crippen LogP contribution in [-0.2, 0) is 25.7 Å². The predicted molar refractivity (Wildman–Crippen MR) is 102 cm³/mol. The Hall–Kier alpha value is -2.94. The van der Waals surface area contributed by atoms with Crippen LogP contribution in [0.1, 0.15) is 38.2 Å². The second kappa shape index (κ2) is 10.6. The van der Waals surface area contributed by atoms with Gasteiger partial charge in [-0.2, -0.15) is 0 Å². The number of amides is 2. The van der Waals surface area contributed by atoms with Crippen LogP contribution in [-0.4, -0.2) is 52.2 Å². The Morgan fingerprint density at radius 2 is 1.90 bits per heavy atom. The lowest BCUT2D eigenvalue weighted by Gasteiger charge is -2.29. The standard InChI is InChI=1S/C20H26N2O7/c1-12(23)16(22-20(28)29-11-13-6-3-2-4-7-13)18(25)21-17(19(26)27)14-8-5-9-15(24)10-14/h2-4,6-7,12,14,16-17,23H,5,8-11H2,1H3,(H,21,25)(H,22,28)(H,26,27)/t12-,14+,16+,17+/m1/s1. The van der Waals surface area contributed by atoms with E-state index in [2.05, 4.69) is 10.6 Å². The van der Waals surface area contributed by atoms with Crippen molar-refractivity contribution in [3.63, 3.8) is 0 Å². The van der Waals surface area contributed by atoms with Gasteiger partial charge in [-0.25, -0.2) is 9.59 Å². The maximum absolute atomic E-state index is 12.5. The van der Waals surface area contributed by atoms with E-state index in [1.165, 1.54) is 6.92 Å². The molecule has 4 N–H and O–H groups in total. The summed E-state index contributed by atoms with van der Waals surface area (Å²) in [6, 6.07) is 6.21. The Morgan fingerprint density at radius 3 is 2.48 bits per heavy atom. The van der Waals surface area contributed by atoms with Crippen LogP contribution in [0.5, 0.6) is 0 Å². The molecule has 1 saturated carbocycles. The molecule has 0 saturated heterocycles. The quantitative estimate of drug-likeness (QED) is 0.504. The summed E-state index contributed by atoms with van der Waals surface area (Å²) in [5.74, 6) is -2.70.